The molecule has 1 aromatic heterocycles. The molecule has 10 aromatic rings. The molecule has 3 heteroatoms. The summed E-state index contributed by atoms with van der Waals surface area (Å²) in [7, 11) is 0. The molecular weight excluding hydrogens is 777 g/mol. The molecular formula is C61H44N2O. The van der Waals surface area contributed by atoms with Gasteiger partial charge >= 0.3 is 0 Å². The van der Waals surface area contributed by atoms with Crippen molar-refractivity contribution in [2.24, 2.45) is 0 Å². The number of furan rings is 1. The van der Waals surface area contributed by atoms with E-state index in [-0.39, 0.29) is 0 Å². The molecule has 9 aromatic carbocycles. The lowest BCUT2D eigenvalue weighted by Gasteiger charge is -2.26. The zero-order valence-electron chi connectivity index (χ0n) is 35.5. The van der Waals surface area contributed by atoms with Crippen molar-refractivity contribution >= 4 is 61.6 Å². The molecule has 0 fully saturated rings. The summed E-state index contributed by atoms with van der Waals surface area (Å²) in [5, 5.41) is 2.07. The monoisotopic (exact) mass is 820 g/mol. The van der Waals surface area contributed by atoms with Crippen LogP contribution in [0.15, 0.2) is 247 Å². The van der Waals surface area contributed by atoms with Crippen molar-refractivity contribution in [3.05, 3.63) is 248 Å². The topological polar surface area (TPSA) is 19.6 Å². The third-order valence-corrected chi connectivity index (χ3v) is 11.8. The lowest BCUT2D eigenvalue weighted by Crippen LogP contribution is -2.10. The van der Waals surface area contributed by atoms with Crippen LogP contribution in [0.5, 0.6) is 0 Å². The predicted octanol–water partition coefficient (Wildman–Crippen LogP) is 17.1. The van der Waals surface area contributed by atoms with Gasteiger partial charge in [0.25, 0.3) is 0 Å². The maximum absolute atomic E-state index is 6.56. The summed E-state index contributed by atoms with van der Waals surface area (Å²) in [5.74, 6) is 2.62. The molecule has 10 rings (SSSR count). The largest absolute Gasteiger partial charge is 0.456 e. The Kier molecular flexibility index (Phi) is 11.0. The van der Waals surface area contributed by atoms with Crippen molar-refractivity contribution in [1.82, 2.24) is 0 Å². The summed E-state index contributed by atoms with van der Waals surface area (Å²) < 4.78 is 6.56. The molecule has 64 heavy (non-hydrogen) atoms. The van der Waals surface area contributed by atoms with Gasteiger partial charge in [-0.1, -0.05) is 152 Å². The molecule has 0 N–H and O–H groups in total. The maximum Gasteiger partial charge on any atom is 0.135 e. The number of nitrogens with zero attached hydrogens (tertiary/aromatic N) is 2. The fraction of sp³-hybridized carbons (Fsp3) is 0.0164. The van der Waals surface area contributed by atoms with Gasteiger partial charge in [-0.15, -0.1) is 6.42 Å². The molecule has 0 unspecified atom stereocenters. The Morgan fingerprint density at radius 2 is 0.734 bits per heavy atom. The third kappa shape index (κ3) is 8.00. The first kappa shape index (κ1) is 39.5. The highest BCUT2D eigenvalue weighted by Crippen LogP contribution is 2.43. The van der Waals surface area contributed by atoms with Crippen LogP contribution in [0, 0.1) is 12.3 Å². The quantitative estimate of drug-likeness (QED) is 0.0957. The van der Waals surface area contributed by atoms with Gasteiger partial charge in [0.2, 0.25) is 0 Å². The van der Waals surface area contributed by atoms with Gasteiger partial charge in [0.05, 0.1) is 0 Å². The fourth-order valence-corrected chi connectivity index (χ4v) is 8.53. The Bertz CT molecular complexity index is 3200. The Hall–Kier alpha value is -8.58. The molecule has 0 saturated carbocycles. The van der Waals surface area contributed by atoms with Gasteiger partial charge < -0.3 is 14.2 Å². The van der Waals surface area contributed by atoms with Crippen molar-refractivity contribution in [1.29, 1.82) is 0 Å². The average Bonchev–Trinajstić information content (AvgIpc) is 3.74. The second-order valence-electron chi connectivity index (χ2n) is 15.7. The SMILES string of the molecule is C#C/C=C\C(=C/C)c1ccc(N(c2ccc(-c3ccccc3)cc2)c2ccc3oc4ccc(N(c5ccc(-c6ccccc6)cc5)c5ccc(-c6ccccc6)cc5)cc4c3c2)cc1. The number of allylic oxidation sites excluding steroid dienone is 4. The van der Waals surface area contributed by atoms with Gasteiger partial charge in [0, 0.05) is 44.9 Å². The minimum atomic E-state index is 0.828. The van der Waals surface area contributed by atoms with E-state index in [1.807, 2.05) is 19.1 Å². The Balaban J connectivity index is 1.08. The lowest BCUT2D eigenvalue weighted by atomic mass is 10.0. The van der Waals surface area contributed by atoms with Crippen molar-refractivity contribution in [3.8, 4) is 45.7 Å². The fourth-order valence-electron chi connectivity index (χ4n) is 8.53. The number of fused-ring (bicyclic) bond motifs is 3. The van der Waals surface area contributed by atoms with E-state index in [1.165, 1.54) is 27.8 Å². The average molecular weight is 821 g/mol. The van der Waals surface area contributed by atoms with E-state index < -0.39 is 0 Å². The van der Waals surface area contributed by atoms with Crippen LogP contribution >= 0.6 is 0 Å². The van der Waals surface area contributed by atoms with E-state index >= 15 is 0 Å². The highest BCUT2D eigenvalue weighted by molar-refractivity contribution is 6.08. The molecule has 0 spiro atoms. The molecule has 0 radical (unpaired) electrons. The molecule has 0 atom stereocenters. The number of hydrogen-bond donors (Lipinski definition) is 0. The van der Waals surface area contributed by atoms with E-state index in [2.05, 4.69) is 240 Å². The summed E-state index contributed by atoms with van der Waals surface area (Å²) in [5.41, 5.74) is 17.1. The van der Waals surface area contributed by atoms with Crippen molar-refractivity contribution in [2.45, 2.75) is 6.92 Å². The molecule has 304 valence electrons. The highest BCUT2D eigenvalue weighted by atomic mass is 16.3. The second-order valence-corrected chi connectivity index (χ2v) is 15.7. The van der Waals surface area contributed by atoms with Crippen molar-refractivity contribution < 1.29 is 4.42 Å². The summed E-state index contributed by atoms with van der Waals surface area (Å²) in [6, 6.07) is 79.6. The number of anilines is 6. The van der Waals surface area contributed by atoms with Gasteiger partial charge in [-0.25, -0.2) is 0 Å². The molecule has 0 saturated heterocycles. The molecule has 0 bridgehead atoms. The Labute approximate surface area is 375 Å². The minimum Gasteiger partial charge on any atom is -0.456 e. The van der Waals surface area contributed by atoms with Crippen LogP contribution in [0.25, 0.3) is 60.9 Å². The van der Waals surface area contributed by atoms with Crippen LogP contribution in [0.3, 0.4) is 0 Å². The number of rotatable bonds is 11. The first-order valence-electron chi connectivity index (χ1n) is 21.6. The predicted molar refractivity (Wildman–Crippen MR) is 271 cm³/mol. The van der Waals surface area contributed by atoms with Gasteiger partial charge in [-0.05, 0) is 149 Å². The molecule has 0 aliphatic heterocycles. The molecule has 0 amide bonds. The highest BCUT2D eigenvalue weighted by Gasteiger charge is 2.19. The zero-order chi connectivity index (χ0) is 43.2. The molecule has 0 aliphatic carbocycles. The third-order valence-electron chi connectivity index (χ3n) is 11.8. The first-order chi connectivity index (χ1) is 31.6. The Morgan fingerprint density at radius 1 is 0.406 bits per heavy atom. The van der Waals surface area contributed by atoms with Gasteiger partial charge in [-0.3, -0.25) is 0 Å². The van der Waals surface area contributed by atoms with Crippen LogP contribution in [0.1, 0.15) is 12.5 Å². The van der Waals surface area contributed by atoms with Gasteiger partial charge in [0.1, 0.15) is 11.2 Å². The lowest BCUT2D eigenvalue weighted by molar-refractivity contribution is 0.669. The van der Waals surface area contributed by atoms with Gasteiger partial charge in [0.15, 0.2) is 0 Å². The van der Waals surface area contributed by atoms with Crippen LogP contribution in [-0.4, -0.2) is 0 Å². The standard InChI is InChI=1S/C61H44N2O/c1-3-5-15-44(4-2)48-22-30-52(31-23-48)62(53-32-24-49(25-33-53)45-16-9-6-10-17-45)56-38-40-60-58(42-56)59-43-57(39-41-61(59)64-60)63(54-34-26-50(27-35-54)46-18-11-7-12-19-46)55-36-28-51(29-37-55)47-20-13-8-14-21-47/h1,4-43H,2H3/b15-5-,44-4+. The first-order valence-corrected chi connectivity index (χ1v) is 21.6. The summed E-state index contributed by atoms with van der Waals surface area (Å²) in [4.78, 5) is 4.63. The minimum absolute atomic E-state index is 0.828. The molecule has 1 heterocycles. The number of hydrogen-bond acceptors (Lipinski definition) is 3. The van der Waals surface area contributed by atoms with E-state index in [1.54, 1.807) is 6.08 Å². The van der Waals surface area contributed by atoms with Crippen LogP contribution in [-0.2, 0) is 0 Å². The summed E-state index contributed by atoms with van der Waals surface area (Å²) in [6.45, 7) is 2.03. The van der Waals surface area contributed by atoms with Crippen LogP contribution in [0.4, 0.5) is 34.1 Å². The second kappa shape index (κ2) is 17.8. The zero-order valence-corrected chi connectivity index (χ0v) is 35.5. The van der Waals surface area contributed by atoms with E-state index in [0.29, 0.717) is 0 Å². The normalized spacial score (nSPS) is 11.5. The van der Waals surface area contributed by atoms with Crippen LogP contribution < -0.4 is 9.80 Å². The van der Waals surface area contributed by atoms with E-state index in [0.717, 1.165) is 72.8 Å². The van der Waals surface area contributed by atoms with E-state index in [9.17, 15) is 0 Å². The number of terminal acetylenes is 1. The number of benzene rings is 9. The van der Waals surface area contributed by atoms with Crippen LogP contribution in [0.2, 0.25) is 0 Å². The van der Waals surface area contributed by atoms with Crippen molar-refractivity contribution in [3.63, 3.8) is 0 Å². The molecule has 3 nitrogen and oxygen atoms in total. The van der Waals surface area contributed by atoms with Gasteiger partial charge in [-0.2, -0.15) is 0 Å². The Morgan fingerprint density at radius 3 is 1.08 bits per heavy atom. The summed E-state index contributed by atoms with van der Waals surface area (Å²) in [6.07, 6.45) is 11.4. The van der Waals surface area contributed by atoms with Crippen molar-refractivity contribution in [2.75, 3.05) is 9.80 Å². The molecule has 0 aliphatic rings. The smallest absolute Gasteiger partial charge is 0.135 e. The van der Waals surface area contributed by atoms with E-state index in [4.69, 9.17) is 10.8 Å². The summed E-state index contributed by atoms with van der Waals surface area (Å²) >= 11 is 0. The maximum atomic E-state index is 6.56.